The molecule has 2 aromatic carbocycles. The second-order valence-corrected chi connectivity index (χ2v) is 6.17. The minimum Gasteiger partial charge on any atom is -0.482 e. The number of halogens is 1. The maximum Gasteiger partial charge on any atom is 0.344 e. The van der Waals surface area contributed by atoms with Crippen LogP contribution < -0.4 is 15.8 Å². The van der Waals surface area contributed by atoms with E-state index in [0.717, 1.165) is 5.56 Å². The molecule has 0 aromatic heterocycles. The molecule has 7 nitrogen and oxygen atoms in total. The molecule has 2 rings (SSSR count). The lowest BCUT2D eigenvalue weighted by Gasteiger charge is -2.14. The summed E-state index contributed by atoms with van der Waals surface area (Å²) in [5.74, 6) is -1.29. The van der Waals surface area contributed by atoms with E-state index in [4.69, 9.17) is 26.8 Å². The minimum absolute atomic E-state index is 0.321. The number of hydrogen-bond donors (Lipinski definition) is 2. The first-order chi connectivity index (χ1) is 12.8. The Hall–Kier alpha value is -3.06. The molecular weight excluding hydrogens is 372 g/mol. The van der Waals surface area contributed by atoms with Crippen molar-refractivity contribution in [3.05, 3.63) is 58.6 Å². The van der Waals surface area contributed by atoms with Gasteiger partial charge in [-0.15, -0.1) is 0 Å². The predicted molar refractivity (Wildman–Crippen MR) is 101 cm³/mol. The van der Waals surface area contributed by atoms with Crippen LogP contribution in [0.1, 0.15) is 22.8 Å². The smallest absolute Gasteiger partial charge is 0.344 e. The summed E-state index contributed by atoms with van der Waals surface area (Å²) in [5.41, 5.74) is 6.74. The quantitative estimate of drug-likeness (QED) is 0.706. The summed E-state index contributed by atoms with van der Waals surface area (Å²) in [6.07, 6.45) is -1.02. The third kappa shape index (κ3) is 6.00. The average Bonchev–Trinajstić information content (AvgIpc) is 2.63. The third-order valence-corrected chi connectivity index (χ3v) is 4.02. The first-order valence-corrected chi connectivity index (χ1v) is 8.43. The second-order valence-electron chi connectivity index (χ2n) is 5.76. The molecule has 0 aliphatic carbocycles. The van der Waals surface area contributed by atoms with E-state index in [1.807, 2.05) is 6.92 Å². The average molecular weight is 391 g/mol. The Morgan fingerprint density at radius 1 is 1.15 bits per heavy atom. The Labute approximate surface area is 161 Å². The van der Waals surface area contributed by atoms with Crippen molar-refractivity contribution < 1.29 is 23.9 Å². The molecular formula is C19H19ClN2O5. The van der Waals surface area contributed by atoms with E-state index in [1.54, 1.807) is 18.2 Å². The van der Waals surface area contributed by atoms with Gasteiger partial charge in [-0.3, -0.25) is 9.59 Å². The molecule has 2 aromatic rings. The number of nitrogens with two attached hydrogens (primary N) is 1. The van der Waals surface area contributed by atoms with Crippen molar-refractivity contribution in [3.8, 4) is 5.75 Å². The number of anilines is 1. The molecule has 2 amide bonds. The van der Waals surface area contributed by atoms with Crippen LogP contribution in [0.15, 0.2) is 42.5 Å². The van der Waals surface area contributed by atoms with E-state index < -0.39 is 23.9 Å². The van der Waals surface area contributed by atoms with Gasteiger partial charge in [0.05, 0.1) is 0 Å². The van der Waals surface area contributed by atoms with Crippen LogP contribution in [0.4, 0.5) is 5.69 Å². The molecule has 142 valence electrons. The SMILES string of the molecule is Cc1cc(OCC(=O)O[C@@H](C)C(=O)Nc2ccc(C(N)=O)cc2)ccc1Cl. The number of primary amides is 1. The fourth-order valence-electron chi connectivity index (χ4n) is 2.10. The van der Waals surface area contributed by atoms with Gasteiger partial charge in [-0.25, -0.2) is 4.79 Å². The molecule has 0 fully saturated rings. The Morgan fingerprint density at radius 3 is 2.41 bits per heavy atom. The summed E-state index contributed by atoms with van der Waals surface area (Å²) in [7, 11) is 0. The summed E-state index contributed by atoms with van der Waals surface area (Å²) in [6, 6.07) is 11.0. The summed E-state index contributed by atoms with van der Waals surface area (Å²) < 4.78 is 10.4. The first-order valence-electron chi connectivity index (χ1n) is 8.05. The van der Waals surface area contributed by atoms with Crippen molar-refractivity contribution in [2.24, 2.45) is 5.73 Å². The zero-order chi connectivity index (χ0) is 20.0. The number of esters is 1. The van der Waals surface area contributed by atoms with E-state index in [-0.39, 0.29) is 6.61 Å². The van der Waals surface area contributed by atoms with Gasteiger partial charge in [-0.05, 0) is 61.9 Å². The highest BCUT2D eigenvalue weighted by atomic mass is 35.5. The molecule has 0 saturated carbocycles. The fourth-order valence-corrected chi connectivity index (χ4v) is 2.21. The molecule has 0 aliphatic heterocycles. The Morgan fingerprint density at radius 2 is 1.81 bits per heavy atom. The number of nitrogens with one attached hydrogen (secondary N) is 1. The molecule has 0 unspecified atom stereocenters. The normalized spacial score (nSPS) is 11.4. The Balaban J connectivity index is 1.83. The lowest BCUT2D eigenvalue weighted by molar-refractivity contribution is -0.155. The highest BCUT2D eigenvalue weighted by molar-refractivity contribution is 6.31. The van der Waals surface area contributed by atoms with Crippen molar-refractivity contribution in [1.29, 1.82) is 0 Å². The number of amides is 2. The van der Waals surface area contributed by atoms with E-state index >= 15 is 0 Å². The molecule has 0 radical (unpaired) electrons. The molecule has 27 heavy (non-hydrogen) atoms. The van der Waals surface area contributed by atoms with Crippen LogP contribution in [0.5, 0.6) is 5.75 Å². The van der Waals surface area contributed by atoms with Crippen molar-refractivity contribution in [2.45, 2.75) is 20.0 Å². The van der Waals surface area contributed by atoms with E-state index in [9.17, 15) is 14.4 Å². The van der Waals surface area contributed by atoms with Gasteiger partial charge in [-0.1, -0.05) is 11.6 Å². The number of aryl methyl sites for hydroxylation is 1. The zero-order valence-electron chi connectivity index (χ0n) is 14.8. The molecule has 0 heterocycles. The van der Waals surface area contributed by atoms with Crippen LogP contribution in [-0.4, -0.2) is 30.5 Å². The van der Waals surface area contributed by atoms with Gasteiger partial charge in [-0.2, -0.15) is 0 Å². The maximum atomic E-state index is 12.1. The van der Waals surface area contributed by atoms with Gasteiger partial charge in [0.15, 0.2) is 12.7 Å². The Kier molecular flexibility index (Phi) is 6.79. The molecule has 3 N–H and O–H groups in total. The van der Waals surface area contributed by atoms with E-state index in [1.165, 1.54) is 31.2 Å². The van der Waals surface area contributed by atoms with Gasteiger partial charge >= 0.3 is 5.97 Å². The van der Waals surface area contributed by atoms with Crippen LogP contribution in [0.2, 0.25) is 5.02 Å². The van der Waals surface area contributed by atoms with E-state index in [2.05, 4.69) is 5.32 Å². The first kappa shape index (κ1) is 20.3. The number of carbonyl (C=O) groups is 3. The van der Waals surface area contributed by atoms with Gasteiger partial charge < -0.3 is 20.5 Å². The summed E-state index contributed by atoms with van der Waals surface area (Å²) >= 11 is 5.92. The van der Waals surface area contributed by atoms with Gasteiger partial charge in [0.25, 0.3) is 5.91 Å². The zero-order valence-corrected chi connectivity index (χ0v) is 15.6. The van der Waals surface area contributed by atoms with Crippen LogP contribution >= 0.6 is 11.6 Å². The summed E-state index contributed by atoms with van der Waals surface area (Å²) in [5, 5.41) is 3.17. The minimum atomic E-state index is -1.02. The molecule has 0 spiro atoms. The van der Waals surface area contributed by atoms with Crippen molar-refractivity contribution in [3.63, 3.8) is 0 Å². The van der Waals surface area contributed by atoms with E-state index in [0.29, 0.717) is 22.0 Å². The van der Waals surface area contributed by atoms with Crippen molar-refractivity contribution in [2.75, 3.05) is 11.9 Å². The van der Waals surface area contributed by atoms with Gasteiger partial charge in [0.1, 0.15) is 5.75 Å². The van der Waals surface area contributed by atoms with Crippen molar-refractivity contribution >= 4 is 35.1 Å². The largest absolute Gasteiger partial charge is 0.482 e. The lowest BCUT2D eigenvalue weighted by atomic mass is 10.2. The maximum absolute atomic E-state index is 12.1. The number of ether oxygens (including phenoxy) is 2. The van der Waals surface area contributed by atoms with Crippen molar-refractivity contribution in [1.82, 2.24) is 0 Å². The van der Waals surface area contributed by atoms with Crippen LogP contribution in [0.3, 0.4) is 0 Å². The molecule has 0 bridgehead atoms. The third-order valence-electron chi connectivity index (χ3n) is 3.60. The predicted octanol–water partition coefficient (Wildman–Crippen LogP) is 2.70. The molecule has 8 heteroatoms. The summed E-state index contributed by atoms with van der Waals surface area (Å²) in [4.78, 5) is 35.0. The molecule has 0 aliphatic rings. The number of benzene rings is 2. The number of hydrogen-bond acceptors (Lipinski definition) is 5. The van der Waals surface area contributed by atoms with Crippen LogP contribution in [0, 0.1) is 6.92 Å². The highest BCUT2D eigenvalue weighted by Gasteiger charge is 2.18. The standard InChI is InChI=1S/C19H19ClN2O5/c1-11-9-15(7-8-16(11)20)26-10-17(23)27-12(2)19(25)22-14-5-3-13(4-6-14)18(21)24/h3-9,12H,10H2,1-2H3,(H2,21,24)(H,22,25)/t12-/m0/s1. The fraction of sp³-hybridized carbons (Fsp3) is 0.211. The Bertz CT molecular complexity index is 852. The highest BCUT2D eigenvalue weighted by Crippen LogP contribution is 2.21. The lowest BCUT2D eigenvalue weighted by Crippen LogP contribution is -2.31. The summed E-state index contributed by atoms with van der Waals surface area (Å²) in [6.45, 7) is 2.92. The van der Waals surface area contributed by atoms with Crippen LogP contribution in [0.25, 0.3) is 0 Å². The molecule has 0 saturated heterocycles. The number of rotatable bonds is 7. The number of carbonyl (C=O) groups excluding carboxylic acids is 3. The topological polar surface area (TPSA) is 108 Å². The van der Waals surface area contributed by atoms with Gasteiger partial charge in [0, 0.05) is 16.3 Å². The monoisotopic (exact) mass is 390 g/mol. The second kappa shape index (κ2) is 9.05. The van der Waals surface area contributed by atoms with Crippen LogP contribution in [-0.2, 0) is 14.3 Å². The van der Waals surface area contributed by atoms with Gasteiger partial charge in [0.2, 0.25) is 5.91 Å². The molecule has 1 atom stereocenters.